The van der Waals surface area contributed by atoms with Crippen LogP contribution in [0.1, 0.15) is 22.7 Å². The van der Waals surface area contributed by atoms with Crippen LogP contribution in [-0.4, -0.2) is 19.8 Å². The van der Waals surface area contributed by atoms with E-state index in [1.807, 2.05) is 6.07 Å². The van der Waals surface area contributed by atoms with Gasteiger partial charge in [0.15, 0.2) is 11.5 Å². The number of benzene rings is 4. The fourth-order valence-corrected chi connectivity index (χ4v) is 5.33. The molecule has 0 unspecified atom stereocenters. The first-order chi connectivity index (χ1) is 16.9. The second-order valence-corrected chi connectivity index (χ2v) is 8.72. The van der Waals surface area contributed by atoms with Gasteiger partial charge in [0.25, 0.3) is 0 Å². The van der Waals surface area contributed by atoms with Crippen molar-refractivity contribution in [1.82, 2.24) is 0 Å². The maximum absolute atomic E-state index is 6.42. The molecule has 0 amide bonds. The number of hydrogen-bond donors (Lipinski definition) is 0. The molecule has 0 N–H and O–H groups in total. The number of anilines is 1. The summed E-state index contributed by atoms with van der Waals surface area (Å²) in [7, 11) is 0. The molecule has 34 heavy (non-hydrogen) atoms. The summed E-state index contributed by atoms with van der Waals surface area (Å²) in [4.78, 5) is 2.43. The second-order valence-electron chi connectivity index (χ2n) is 8.72. The van der Waals surface area contributed by atoms with Crippen LogP contribution < -0.4 is 19.1 Å². The Morgan fingerprint density at radius 2 is 1.35 bits per heavy atom. The maximum atomic E-state index is 6.42. The summed E-state index contributed by atoms with van der Waals surface area (Å²) in [6.45, 7) is 1.56. The van der Waals surface area contributed by atoms with Crippen molar-refractivity contribution in [3.05, 3.63) is 113 Å². The smallest absolute Gasteiger partial charge is 0.169 e. The molecule has 4 bridgehead atoms. The third-order valence-corrected chi connectivity index (χ3v) is 6.75. The Morgan fingerprint density at radius 1 is 0.676 bits per heavy atom. The quantitative estimate of drug-likeness (QED) is 0.362. The molecule has 4 aromatic carbocycles. The number of ether oxygens (including phenoxy) is 3. The first-order valence-electron chi connectivity index (χ1n) is 11.7. The highest BCUT2D eigenvalue weighted by molar-refractivity contribution is 5.96. The van der Waals surface area contributed by atoms with E-state index in [1.54, 1.807) is 0 Å². The van der Waals surface area contributed by atoms with Crippen LogP contribution in [0.3, 0.4) is 0 Å². The van der Waals surface area contributed by atoms with Gasteiger partial charge in [0.05, 0.1) is 11.7 Å². The summed E-state index contributed by atoms with van der Waals surface area (Å²) in [6, 6.07) is 31.9. The number of para-hydroxylation sites is 1. The molecule has 0 fully saturated rings. The fraction of sp³-hybridized carbons (Fsp3) is 0.133. The molecule has 0 aromatic heterocycles. The summed E-state index contributed by atoms with van der Waals surface area (Å²) >= 11 is 0. The van der Waals surface area contributed by atoms with Gasteiger partial charge in [0, 0.05) is 28.4 Å². The van der Waals surface area contributed by atoms with E-state index >= 15 is 0 Å². The molecule has 166 valence electrons. The van der Waals surface area contributed by atoms with Crippen molar-refractivity contribution in [3.8, 4) is 28.4 Å². The molecule has 4 nitrogen and oxygen atoms in total. The minimum absolute atomic E-state index is 0.0118. The Hall–Kier alpha value is -4.18. The standard InChI is InChI=1S/C30H23NO3/c1-3-9-20(10-4-1)29(21-11-5-2-6-12-21)31-22-17-24-28(23-13-7-8-14-25(23)31)26(34-19-22)18-27-30(24)33-16-15-32-27/h1-14,17-18,29H,15-16,19H2. The van der Waals surface area contributed by atoms with Gasteiger partial charge in [0.1, 0.15) is 25.6 Å². The van der Waals surface area contributed by atoms with E-state index in [0.29, 0.717) is 19.8 Å². The molecule has 0 saturated carbocycles. The van der Waals surface area contributed by atoms with Gasteiger partial charge in [-0.15, -0.1) is 0 Å². The molecule has 0 atom stereocenters. The van der Waals surface area contributed by atoms with Gasteiger partial charge in [-0.1, -0.05) is 78.9 Å². The van der Waals surface area contributed by atoms with Gasteiger partial charge >= 0.3 is 0 Å². The lowest BCUT2D eigenvalue weighted by Gasteiger charge is -2.37. The molecule has 0 aliphatic carbocycles. The van der Waals surface area contributed by atoms with Gasteiger partial charge in [-0.2, -0.15) is 0 Å². The molecule has 0 spiro atoms. The van der Waals surface area contributed by atoms with Gasteiger partial charge < -0.3 is 19.1 Å². The average molecular weight is 446 g/mol. The topological polar surface area (TPSA) is 30.9 Å². The first-order valence-corrected chi connectivity index (χ1v) is 11.7. The zero-order valence-electron chi connectivity index (χ0n) is 18.6. The lowest BCUT2D eigenvalue weighted by atomic mass is 9.93. The van der Waals surface area contributed by atoms with E-state index < -0.39 is 0 Å². The van der Waals surface area contributed by atoms with E-state index in [9.17, 15) is 0 Å². The molecule has 4 heteroatoms. The highest BCUT2D eigenvalue weighted by atomic mass is 16.6. The monoisotopic (exact) mass is 445 g/mol. The summed E-state index contributed by atoms with van der Waals surface area (Å²) in [5.74, 6) is 2.40. The van der Waals surface area contributed by atoms with Crippen molar-refractivity contribution < 1.29 is 14.2 Å². The van der Waals surface area contributed by atoms with Crippen LogP contribution in [-0.2, 0) is 0 Å². The van der Waals surface area contributed by atoms with Crippen LogP contribution in [0.2, 0.25) is 0 Å². The van der Waals surface area contributed by atoms with Crippen molar-refractivity contribution in [2.24, 2.45) is 0 Å². The Balaban J connectivity index is 1.53. The highest BCUT2D eigenvalue weighted by Crippen LogP contribution is 2.54. The van der Waals surface area contributed by atoms with E-state index in [4.69, 9.17) is 14.2 Å². The van der Waals surface area contributed by atoms with Crippen LogP contribution in [0.15, 0.2) is 96.7 Å². The molecule has 4 aromatic rings. The molecular formula is C30H23NO3. The SMILES string of the molecule is C1=C2COc3cc4c(c1c3-c1ccccc1N2C(c1ccccc1)c1ccccc1)OCCO4. The fourth-order valence-electron chi connectivity index (χ4n) is 5.33. The molecule has 3 aliphatic rings. The molecule has 7 rings (SSSR count). The Bertz CT molecular complexity index is 1370. The number of nitrogens with zero attached hydrogens (tertiary/aromatic N) is 1. The summed E-state index contributed by atoms with van der Waals surface area (Å²) in [5.41, 5.74) is 7.93. The van der Waals surface area contributed by atoms with Gasteiger partial charge in [0.2, 0.25) is 0 Å². The molecule has 0 radical (unpaired) electrons. The summed E-state index contributed by atoms with van der Waals surface area (Å²) in [5, 5.41) is 0. The van der Waals surface area contributed by atoms with Crippen molar-refractivity contribution in [2.75, 3.05) is 24.7 Å². The predicted molar refractivity (Wildman–Crippen MR) is 134 cm³/mol. The maximum Gasteiger partial charge on any atom is 0.169 e. The predicted octanol–water partition coefficient (Wildman–Crippen LogP) is 6.47. The zero-order valence-corrected chi connectivity index (χ0v) is 18.6. The Morgan fingerprint density at radius 3 is 2.12 bits per heavy atom. The van der Waals surface area contributed by atoms with Crippen LogP contribution in [0.4, 0.5) is 5.69 Å². The molecule has 0 saturated heterocycles. The second kappa shape index (κ2) is 7.70. The average Bonchev–Trinajstić information content (AvgIpc) is 3.13. The largest absolute Gasteiger partial charge is 0.487 e. The third-order valence-electron chi connectivity index (χ3n) is 6.75. The lowest BCUT2D eigenvalue weighted by Crippen LogP contribution is -2.32. The number of fused-ring (bicyclic) bond motifs is 2. The van der Waals surface area contributed by atoms with E-state index in [2.05, 4.69) is 95.9 Å². The van der Waals surface area contributed by atoms with Crippen LogP contribution in [0.5, 0.6) is 17.2 Å². The zero-order chi connectivity index (χ0) is 22.5. The third kappa shape index (κ3) is 2.92. The normalized spacial score (nSPS) is 15.2. The Labute approximate surface area is 198 Å². The van der Waals surface area contributed by atoms with E-state index in [1.165, 1.54) is 11.1 Å². The van der Waals surface area contributed by atoms with E-state index in [-0.39, 0.29) is 6.04 Å². The van der Waals surface area contributed by atoms with Crippen LogP contribution in [0.25, 0.3) is 17.2 Å². The van der Waals surface area contributed by atoms with Crippen molar-refractivity contribution in [3.63, 3.8) is 0 Å². The summed E-state index contributed by atoms with van der Waals surface area (Å²) < 4.78 is 18.5. The van der Waals surface area contributed by atoms with Crippen molar-refractivity contribution in [1.29, 1.82) is 0 Å². The van der Waals surface area contributed by atoms with E-state index in [0.717, 1.165) is 45.3 Å². The number of rotatable bonds is 3. The lowest BCUT2D eigenvalue weighted by molar-refractivity contribution is 0.170. The first kappa shape index (κ1) is 19.3. The molecular weight excluding hydrogens is 422 g/mol. The van der Waals surface area contributed by atoms with Crippen LogP contribution in [0, 0.1) is 0 Å². The highest BCUT2D eigenvalue weighted by Gasteiger charge is 2.36. The molecule has 3 heterocycles. The van der Waals surface area contributed by atoms with Crippen molar-refractivity contribution >= 4 is 11.8 Å². The minimum Gasteiger partial charge on any atom is -0.487 e. The van der Waals surface area contributed by atoms with Gasteiger partial charge in [-0.3, -0.25) is 0 Å². The minimum atomic E-state index is -0.0118. The summed E-state index contributed by atoms with van der Waals surface area (Å²) in [6.07, 6.45) is 2.23. The van der Waals surface area contributed by atoms with Gasteiger partial charge in [-0.05, 0) is 23.3 Å². The van der Waals surface area contributed by atoms with Crippen molar-refractivity contribution in [2.45, 2.75) is 6.04 Å². The number of hydrogen-bond acceptors (Lipinski definition) is 4. The molecule has 3 aliphatic heterocycles. The Kier molecular flexibility index (Phi) is 4.37. The van der Waals surface area contributed by atoms with Crippen LogP contribution >= 0.6 is 0 Å². The van der Waals surface area contributed by atoms with Gasteiger partial charge in [-0.25, -0.2) is 0 Å².